The molecule has 0 bridgehead atoms. The lowest BCUT2D eigenvalue weighted by Gasteiger charge is -2.07. The zero-order chi connectivity index (χ0) is 18.2. The van der Waals surface area contributed by atoms with Crippen molar-refractivity contribution in [2.45, 2.75) is 39.0 Å². The second kappa shape index (κ2) is 9.82. The topological polar surface area (TPSA) is 81.7 Å². The number of aryl methyl sites for hydroxylation is 1. The van der Waals surface area contributed by atoms with E-state index in [1.807, 2.05) is 0 Å². The molecule has 1 aliphatic carbocycles. The third-order valence-electron chi connectivity index (χ3n) is 3.82. The summed E-state index contributed by atoms with van der Waals surface area (Å²) < 4.78 is 9.74. The van der Waals surface area contributed by atoms with Crippen molar-refractivity contribution in [1.29, 1.82) is 0 Å². The summed E-state index contributed by atoms with van der Waals surface area (Å²) in [5.74, 6) is -0.725. The number of hydrogen-bond donors (Lipinski definition) is 1. The van der Waals surface area contributed by atoms with E-state index in [1.165, 1.54) is 30.2 Å². The quantitative estimate of drug-likeness (QED) is 0.574. The second-order valence-electron chi connectivity index (χ2n) is 5.61. The van der Waals surface area contributed by atoms with Crippen LogP contribution in [-0.2, 0) is 31.9 Å². The van der Waals surface area contributed by atoms with Gasteiger partial charge in [-0.15, -0.1) is 23.1 Å². The maximum Gasteiger partial charge on any atom is 0.341 e. The van der Waals surface area contributed by atoms with Crippen molar-refractivity contribution >= 4 is 45.9 Å². The Morgan fingerprint density at radius 1 is 1.16 bits per heavy atom. The molecule has 0 aliphatic heterocycles. The molecule has 1 heterocycles. The highest BCUT2D eigenvalue weighted by Gasteiger charge is 2.26. The third kappa shape index (κ3) is 5.47. The van der Waals surface area contributed by atoms with Crippen molar-refractivity contribution in [2.24, 2.45) is 0 Å². The van der Waals surface area contributed by atoms with Gasteiger partial charge < -0.3 is 14.8 Å². The maximum absolute atomic E-state index is 12.2. The van der Waals surface area contributed by atoms with Crippen molar-refractivity contribution in [3.63, 3.8) is 0 Å². The van der Waals surface area contributed by atoms with Crippen LogP contribution in [0.4, 0.5) is 5.00 Å². The molecule has 0 fully saturated rings. The van der Waals surface area contributed by atoms with Crippen LogP contribution in [-0.4, -0.2) is 43.1 Å². The van der Waals surface area contributed by atoms with Crippen LogP contribution >= 0.6 is 23.1 Å². The predicted molar refractivity (Wildman–Crippen MR) is 99.5 cm³/mol. The molecule has 1 aromatic rings. The van der Waals surface area contributed by atoms with Gasteiger partial charge in [0.25, 0.3) is 0 Å². The molecular weight excluding hydrogens is 362 g/mol. The minimum Gasteiger partial charge on any atom is -0.465 e. The number of methoxy groups -OCH3 is 1. The highest BCUT2D eigenvalue weighted by molar-refractivity contribution is 8.00. The molecule has 0 radical (unpaired) electrons. The summed E-state index contributed by atoms with van der Waals surface area (Å²) in [4.78, 5) is 36.8. The van der Waals surface area contributed by atoms with E-state index in [-0.39, 0.29) is 23.4 Å². The second-order valence-corrected chi connectivity index (χ2v) is 7.70. The molecule has 6 nitrogen and oxygen atoms in total. The van der Waals surface area contributed by atoms with E-state index in [1.54, 1.807) is 6.92 Å². The van der Waals surface area contributed by atoms with Crippen molar-refractivity contribution in [1.82, 2.24) is 0 Å². The smallest absolute Gasteiger partial charge is 0.341 e. The van der Waals surface area contributed by atoms with Gasteiger partial charge in [-0.1, -0.05) is 6.42 Å². The summed E-state index contributed by atoms with van der Waals surface area (Å²) in [6, 6.07) is 0. The fraction of sp³-hybridized carbons (Fsp3) is 0.588. The van der Waals surface area contributed by atoms with E-state index in [9.17, 15) is 14.4 Å². The number of fused-ring (bicyclic) bond motifs is 1. The van der Waals surface area contributed by atoms with Crippen LogP contribution in [0.2, 0.25) is 0 Å². The first-order valence-corrected chi connectivity index (χ1v) is 10.3. The van der Waals surface area contributed by atoms with Crippen molar-refractivity contribution in [2.75, 3.05) is 30.5 Å². The van der Waals surface area contributed by atoms with Crippen LogP contribution in [0.15, 0.2) is 0 Å². The first-order chi connectivity index (χ1) is 12.1. The Bertz CT molecular complexity index is 641. The van der Waals surface area contributed by atoms with E-state index in [2.05, 4.69) is 5.32 Å². The Kier molecular flexibility index (Phi) is 7.77. The molecule has 0 unspecified atom stereocenters. The van der Waals surface area contributed by atoms with Gasteiger partial charge in [0.05, 0.1) is 30.8 Å². The van der Waals surface area contributed by atoms with Gasteiger partial charge in [-0.3, -0.25) is 9.59 Å². The van der Waals surface area contributed by atoms with Gasteiger partial charge in [0.2, 0.25) is 5.91 Å². The normalized spacial score (nSPS) is 13.5. The standard InChI is InChI=1S/C17H23NO5S2/c1-3-23-14(20)10-24-9-13(19)18-16-15(17(21)22-2)11-7-5-4-6-8-12(11)25-16/h3-10H2,1-2H3,(H,18,19). The van der Waals surface area contributed by atoms with Crippen molar-refractivity contribution in [3.05, 3.63) is 16.0 Å². The van der Waals surface area contributed by atoms with Crippen LogP contribution in [0.5, 0.6) is 0 Å². The van der Waals surface area contributed by atoms with Crippen LogP contribution in [0.3, 0.4) is 0 Å². The van der Waals surface area contributed by atoms with Gasteiger partial charge in [-0.25, -0.2) is 4.79 Å². The Morgan fingerprint density at radius 3 is 2.64 bits per heavy atom. The van der Waals surface area contributed by atoms with Gasteiger partial charge in [0.1, 0.15) is 5.00 Å². The molecule has 25 heavy (non-hydrogen) atoms. The average molecular weight is 386 g/mol. The zero-order valence-electron chi connectivity index (χ0n) is 14.5. The minimum atomic E-state index is -0.408. The molecule has 2 rings (SSSR count). The third-order valence-corrected chi connectivity index (χ3v) is 5.94. The van der Waals surface area contributed by atoms with Crippen molar-refractivity contribution in [3.8, 4) is 0 Å². The summed E-state index contributed by atoms with van der Waals surface area (Å²) >= 11 is 2.65. The summed E-state index contributed by atoms with van der Waals surface area (Å²) in [6.07, 6.45) is 5.04. The molecular formula is C17H23NO5S2. The average Bonchev–Trinajstić information content (AvgIpc) is 2.75. The SMILES string of the molecule is CCOC(=O)CSCC(=O)Nc1sc2c(c1C(=O)OC)CCCCC2. The number of hydrogen-bond acceptors (Lipinski definition) is 7. The van der Waals surface area contributed by atoms with Crippen LogP contribution in [0.1, 0.15) is 47.0 Å². The first kappa shape index (κ1) is 19.8. The number of ether oxygens (including phenoxy) is 2. The molecule has 1 N–H and O–H groups in total. The van der Waals surface area contributed by atoms with Gasteiger partial charge in [-0.05, 0) is 38.2 Å². The molecule has 1 aromatic heterocycles. The Labute approximate surface area is 155 Å². The Balaban J connectivity index is 2.04. The van der Waals surface area contributed by atoms with Gasteiger partial charge >= 0.3 is 11.9 Å². The van der Waals surface area contributed by atoms with Gasteiger partial charge in [-0.2, -0.15) is 0 Å². The van der Waals surface area contributed by atoms with Crippen LogP contribution < -0.4 is 5.32 Å². The summed E-state index contributed by atoms with van der Waals surface area (Å²) in [7, 11) is 1.35. The molecule has 0 spiro atoms. The van der Waals surface area contributed by atoms with E-state index in [0.29, 0.717) is 17.2 Å². The zero-order valence-corrected chi connectivity index (χ0v) is 16.1. The van der Waals surface area contributed by atoms with E-state index in [4.69, 9.17) is 9.47 Å². The first-order valence-electron chi connectivity index (χ1n) is 8.32. The fourth-order valence-electron chi connectivity index (χ4n) is 2.74. The van der Waals surface area contributed by atoms with E-state index >= 15 is 0 Å². The lowest BCUT2D eigenvalue weighted by molar-refractivity contribution is -0.139. The highest BCUT2D eigenvalue weighted by Crippen LogP contribution is 2.38. The molecule has 0 aromatic carbocycles. The highest BCUT2D eigenvalue weighted by atomic mass is 32.2. The Morgan fingerprint density at radius 2 is 1.92 bits per heavy atom. The maximum atomic E-state index is 12.2. The molecule has 138 valence electrons. The number of anilines is 1. The fourth-order valence-corrected chi connectivity index (χ4v) is 4.64. The van der Waals surface area contributed by atoms with Gasteiger partial charge in [0, 0.05) is 4.88 Å². The number of thiophene rings is 1. The molecule has 0 saturated carbocycles. The largest absolute Gasteiger partial charge is 0.465 e. The van der Waals surface area contributed by atoms with Crippen LogP contribution in [0.25, 0.3) is 0 Å². The Hall–Kier alpha value is -1.54. The number of carbonyl (C=O) groups is 3. The molecule has 0 saturated heterocycles. The van der Waals surface area contributed by atoms with E-state index in [0.717, 1.165) is 42.5 Å². The summed E-state index contributed by atoms with van der Waals surface area (Å²) in [5.41, 5.74) is 1.51. The molecule has 8 heteroatoms. The number of amides is 1. The number of thioether (sulfide) groups is 1. The number of esters is 2. The molecule has 1 aliphatic rings. The number of carbonyl (C=O) groups excluding carboxylic acids is 3. The van der Waals surface area contributed by atoms with Gasteiger partial charge in [0.15, 0.2) is 0 Å². The lowest BCUT2D eigenvalue weighted by atomic mass is 10.1. The van der Waals surface area contributed by atoms with E-state index < -0.39 is 5.97 Å². The number of rotatable bonds is 7. The summed E-state index contributed by atoms with van der Waals surface area (Å²) in [6.45, 7) is 2.07. The van der Waals surface area contributed by atoms with Crippen molar-refractivity contribution < 1.29 is 23.9 Å². The van der Waals surface area contributed by atoms with Crippen LogP contribution in [0, 0.1) is 0 Å². The molecule has 1 amide bonds. The number of nitrogens with one attached hydrogen (secondary N) is 1. The predicted octanol–water partition coefficient (Wildman–Crippen LogP) is 3.04. The monoisotopic (exact) mass is 385 g/mol. The summed E-state index contributed by atoms with van der Waals surface area (Å²) in [5, 5.41) is 3.37. The lowest BCUT2D eigenvalue weighted by Crippen LogP contribution is -2.17. The minimum absolute atomic E-state index is 0.127. The molecule has 0 atom stereocenters.